The van der Waals surface area contributed by atoms with Crippen LogP contribution in [0.2, 0.25) is 0 Å². The molecule has 0 saturated heterocycles. The molecule has 0 spiro atoms. The lowest BCUT2D eigenvalue weighted by Crippen LogP contribution is -2.48. The molecule has 1 heterocycles. The number of para-hydroxylation sites is 1. The second-order valence-electron chi connectivity index (χ2n) is 5.96. The molecule has 0 aliphatic carbocycles. The van der Waals surface area contributed by atoms with Crippen LogP contribution in [0.5, 0.6) is 0 Å². The number of pyridine rings is 1. The first kappa shape index (κ1) is 15.3. The van der Waals surface area contributed by atoms with Gasteiger partial charge in [-0.1, -0.05) is 18.2 Å². The Balaban J connectivity index is 2.35. The maximum atomic E-state index is 11.9. The molecule has 1 aromatic heterocycles. The zero-order valence-corrected chi connectivity index (χ0v) is 13.0. The van der Waals surface area contributed by atoms with Crippen molar-refractivity contribution in [2.24, 2.45) is 5.73 Å². The number of fused-ring (bicyclic) bond motifs is 1. The van der Waals surface area contributed by atoms with E-state index in [-0.39, 0.29) is 5.91 Å². The Morgan fingerprint density at radius 3 is 2.62 bits per heavy atom. The number of hydrogen-bond acceptors (Lipinski definition) is 4. The number of hydrogen-bond donors (Lipinski definition) is 2. The van der Waals surface area contributed by atoms with Crippen molar-refractivity contribution < 1.29 is 4.79 Å². The van der Waals surface area contributed by atoms with Gasteiger partial charge >= 0.3 is 0 Å². The number of rotatable bonds is 4. The van der Waals surface area contributed by atoms with Crippen LogP contribution >= 0.6 is 0 Å². The van der Waals surface area contributed by atoms with Crippen LogP contribution in [0.4, 0.5) is 5.82 Å². The van der Waals surface area contributed by atoms with Gasteiger partial charge in [0.05, 0.1) is 11.1 Å². The normalized spacial score (nSPS) is 11.5. The molecule has 21 heavy (non-hydrogen) atoms. The number of nitrogens with one attached hydrogen (secondary N) is 1. The van der Waals surface area contributed by atoms with E-state index in [2.05, 4.69) is 10.3 Å². The fourth-order valence-corrected chi connectivity index (χ4v) is 2.01. The predicted molar refractivity (Wildman–Crippen MR) is 86.2 cm³/mol. The van der Waals surface area contributed by atoms with Gasteiger partial charge in [0.15, 0.2) is 0 Å². The van der Waals surface area contributed by atoms with Gasteiger partial charge in [-0.15, -0.1) is 0 Å². The smallest absolute Gasteiger partial charge is 0.239 e. The Hall–Kier alpha value is -2.14. The maximum absolute atomic E-state index is 11.9. The zero-order valence-electron chi connectivity index (χ0n) is 13.0. The summed E-state index contributed by atoms with van der Waals surface area (Å²) in [7, 11) is 3.89. The van der Waals surface area contributed by atoms with Crippen LogP contribution < -0.4 is 16.0 Å². The highest BCUT2D eigenvalue weighted by molar-refractivity contribution is 5.87. The number of amides is 1. The molecule has 5 nitrogen and oxygen atoms in total. The molecule has 0 saturated carbocycles. The van der Waals surface area contributed by atoms with Gasteiger partial charge in [0.2, 0.25) is 5.91 Å². The summed E-state index contributed by atoms with van der Waals surface area (Å²) >= 11 is 0. The lowest BCUT2D eigenvalue weighted by Gasteiger charge is -2.19. The third-order valence-corrected chi connectivity index (χ3v) is 3.27. The molecule has 0 aliphatic heterocycles. The first-order chi connectivity index (χ1) is 9.79. The van der Waals surface area contributed by atoms with Crippen molar-refractivity contribution in [3.8, 4) is 0 Å². The van der Waals surface area contributed by atoms with Crippen LogP contribution in [0.25, 0.3) is 10.9 Å². The van der Waals surface area contributed by atoms with Crippen LogP contribution in [0.3, 0.4) is 0 Å². The largest absolute Gasteiger partial charge is 0.363 e. The molecule has 0 bridgehead atoms. The molecular formula is C16H22N4O. The van der Waals surface area contributed by atoms with Gasteiger partial charge in [-0.25, -0.2) is 4.98 Å². The van der Waals surface area contributed by atoms with E-state index < -0.39 is 5.54 Å². The molecule has 0 radical (unpaired) electrons. The van der Waals surface area contributed by atoms with Crippen molar-refractivity contribution in [2.75, 3.05) is 19.0 Å². The minimum atomic E-state index is -0.882. The summed E-state index contributed by atoms with van der Waals surface area (Å²) in [6.07, 6.45) is 0. The van der Waals surface area contributed by atoms with Gasteiger partial charge < -0.3 is 16.0 Å². The molecule has 0 fully saturated rings. The van der Waals surface area contributed by atoms with Gasteiger partial charge in [0.25, 0.3) is 0 Å². The molecule has 3 N–H and O–H groups in total. The Bertz CT molecular complexity index is 659. The van der Waals surface area contributed by atoms with Gasteiger partial charge in [0.1, 0.15) is 5.82 Å². The first-order valence-corrected chi connectivity index (χ1v) is 6.92. The standard InChI is InChI=1S/C16H22N4O/c1-16(2,17)15(21)18-10-11-9-14(20(3)4)19-13-8-6-5-7-12(11)13/h5-9H,10,17H2,1-4H3,(H,18,21). The molecule has 2 rings (SSSR count). The van der Waals surface area contributed by atoms with Crippen LogP contribution in [0, 0.1) is 0 Å². The van der Waals surface area contributed by atoms with Crippen LogP contribution in [0.1, 0.15) is 19.4 Å². The average molecular weight is 286 g/mol. The summed E-state index contributed by atoms with van der Waals surface area (Å²) in [5.74, 6) is 0.694. The Morgan fingerprint density at radius 2 is 2.00 bits per heavy atom. The number of nitrogens with two attached hydrogens (primary N) is 1. The number of benzene rings is 1. The fourth-order valence-electron chi connectivity index (χ4n) is 2.01. The highest BCUT2D eigenvalue weighted by Gasteiger charge is 2.21. The van der Waals surface area contributed by atoms with Crippen molar-refractivity contribution in [3.63, 3.8) is 0 Å². The van der Waals surface area contributed by atoms with E-state index in [1.807, 2.05) is 49.3 Å². The van der Waals surface area contributed by atoms with Crippen LogP contribution in [-0.2, 0) is 11.3 Å². The van der Waals surface area contributed by atoms with Crippen molar-refractivity contribution in [1.29, 1.82) is 0 Å². The van der Waals surface area contributed by atoms with Gasteiger partial charge in [0, 0.05) is 26.0 Å². The van der Waals surface area contributed by atoms with Crippen LogP contribution in [-0.4, -0.2) is 30.5 Å². The highest BCUT2D eigenvalue weighted by Crippen LogP contribution is 2.22. The molecular weight excluding hydrogens is 264 g/mol. The summed E-state index contributed by atoms with van der Waals surface area (Å²) in [5.41, 5.74) is 6.87. The van der Waals surface area contributed by atoms with Crippen molar-refractivity contribution in [2.45, 2.75) is 25.9 Å². The lowest BCUT2D eigenvalue weighted by molar-refractivity contribution is -0.125. The van der Waals surface area contributed by atoms with E-state index >= 15 is 0 Å². The van der Waals surface area contributed by atoms with E-state index in [1.54, 1.807) is 13.8 Å². The quantitative estimate of drug-likeness (QED) is 0.896. The molecule has 1 aromatic carbocycles. The summed E-state index contributed by atoms with van der Waals surface area (Å²) in [6, 6.07) is 9.90. The summed E-state index contributed by atoms with van der Waals surface area (Å²) in [4.78, 5) is 18.5. The topological polar surface area (TPSA) is 71.2 Å². The fraction of sp³-hybridized carbons (Fsp3) is 0.375. The van der Waals surface area contributed by atoms with Crippen LogP contribution in [0.15, 0.2) is 30.3 Å². The summed E-state index contributed by atoms with van der Waals surface area (Å²) in [6.45, 7) is 3.82. The van der Waals surface area contributed by atoms with Crippen molar-refractivity contribution in [3.05, 3.63) is 35.9 Å². The number of carbonyl (C=O) groups excluding carboxylic acids is 1. The van der Waals surface area contributed by atoms with E-state index in [0.29, 0.717) is 6.54 Å². The molecule has 0 atom stereocenters. The van der Waals surface area contributed by atoms with Crippen molar-refractivity contribution in [1.82, 2.24) is 10.3 Å². The molecule has 1 amide bonds. The van der Waals surface area contributed by atoms with E-state index in [9.17, 15) is 4.79 Å². The minimum absolute atomic E-state index is 0.171. The SMILES string of the molecule is CN(C)c1cc(CNC(=O)C(C)(C)N)c2ccccc2n1. The number of nitrogens with zero attached hydrogens (tertiary/aromatic N) is 2. The molecule has 0 aliphatic rings. The highest BCUT2D eigenvalue weighted by atomic mass is 16.2. The maximum Gasteiger partial charge on any atom is 0.239 e. The number of anilines is 1. The average Bonchev–Trinajstić information content (AvgIpc) is 2.42. The Morgan fingerprint density at radius 1 is 1.33 bits per heavy atom. The molecule has 112 valence electrons. The molecule has 5 heteroatoms. The number of aromatic nitrogens is 1. The number of carbonyl (C=O) groups is 1. The summed E-state index contributed by atoms with van der Waals surface area (Å²) in [5, 5.41) is 3.93. The Labute approximate surface area is 125 Å². The monoisotopic (exact) mass is 286 g/mol. The summed E-state index contributed by atoms with van der Waals surface area (Å²) < 4.78 is 0. The third-order valence-electron chi connectivity index (χ3n) is 3.27. The molecule has 0 unspecified atom stereocenters. The predicted octanol–water partition coefficient (Wildman–Crippen LogP) is 1.65. The van der Waals surface area contributed by atoms with Gasteiger partial charge in [-0.3, -0.25) is 4.79 Å². The van der Waals surface area contributed by atoms with E-state index in [4.69, 9.17) is 5.73 Å². The first-order valence-electron chi connectivity index (χ1n) is 6.92. The lowest BCUT2D eigenvalue weighted by atomic mass is 10.1. The second-order valence-corrected chi connectivity index (χ2v) is 5.96. The minimum Gasteiger partial charge on any atom is -0.363 e. The third kappa shape index (κ3) is 3.49. The van der Waals surface area contributed by atoms with Gasteiger partial charge in [-0.05, 0) is 31.5 Å². The van der Waals surface area contributed by atoms with Crippen molar-refractivity contribution >= 4 is 22.6 Å². The van der Waals surface area contributed by atoms with E-state index in [0.717, 1.165) is 22.3 Å². The Kier molecular flexibility index (Phi) is 4.14. The van der Waals surface area contributed by atoms with E-state index in [1.165, 1.54) is 0 Å². The molecule has 2 aromatic rings. The van der Waals surface area contributed by atoms with Gasteiger partial charge in [-0.2, -0.15) is 0 Å². The zero-order chi connectivity index (χ0) is 15.6. The second kappa shape index (κ2) is 5.69.